The molecule has 9 heteroatoms. The van der Waals surface area contributed by atoms with Gasteiger partial charge in [-0.25, -0.2) is 4.79 Å². The Morgan fingerprint density at radius 3 is 2.74 bits per heavy atom. The molecule has 3 aliphatic heterocycles. The Balaban J connectivity index is 1.91. The maximum atomic E-state index is 12.6. The second-order valence-corrected chi connectivity index (χ2v) is 6.03. The van der Waals surface area contributed by atoms with Gasteiger partial charge in [0.1, 0.15) is 0 Å². The number of carbonyl (C=O) groups is 3. The Hall–Kier alpha value is -2.39. The van der Waals surface area contributed by atoms with E-state index in [1.807, 2.05) is 0 Å². The van der Waals surface area contributed by atoms with Crippen LogP contribution in [0.3, 0.4) is 0 Å². The van der Waals surface area contributed by atoms with Crippen LogP contribution in [-0.2, 0) is 19.1 Å². The summed E-state index contributed by atoms with van der Waals surface area (Å²) in [4.78, 5) is 38.1. The van der Waals surface area contributed by atoms with Crippen molar-refractivity contribution in [2.24, 2.45) is 5.73 Å². The highest BCUT2D eigenvalue weighted by Crippen LogP contribution is 2.53. The lowest BCUT2D eigenvalue weighted by Gasteiger charge is -2.38. The highest BCUT2D eigenvalue weighted by molar-refractivity contribution is 6.25. The van der Waals surface area contributed by atoms with Crippen molar-refractivity contribution in [2.75, 3.05) is 13.7 Å². The van der Waals surface area contributed by atoms with Crippen LogP contribution in [0.2, 0.25) is 0 Å². The minimum Gasteiger partial charge on any atom is -0.504 e. The van der Waals surface area contributed by atoms with Crippen molar-refractivity contribution in [2.45, 2.75) is 30.8 Å². The Morgan fingerprint density at radius 1 is 1.43 bits per heavy atom. The highest BCUT2D eigenvalue weighted by Gasteiger charge is 2.74. The van der Waals surface area contributed by atoms with Gasteiger partial charge in [0.25, 0.3) is 0 Å². The van der Waals surface area contributed by atoms with E-state index < -0.39 is 35.2 Å². The van der Waals surface area contributed by atoms with Crippen LogP contribution >= 0.6 is 0 Å². The van der Waals surface area contributed by atoms with Gasteiger partial charge in [-0.3, -0.25) is 9.59 Å². The minimum absolute atomic E-state index is 0.0352. The van der Waals surface area contributed by atoms with Crippen LogP contribution in [-0.4, -0.2) is 65.2 Å². The number of fused-ring (bicyclic) bond motifs is 4. The number of allylic oxidation sites excluding steroid dienone is 2. The summed E-state index contributed by atoms with van der Waals surface area (Å²) in [6, 6.07) is -0.129. The predicted molar refractivity (Wildman–Crippen MR) is 74.0 cm³/mol. The zero-order valence-electron chi connectivity index (χ0n) is 12.5. The van der Waals surface area contributed by atoms with Crippen molar-refractivity contribution < 1.29 is 29.0 Å². The molecule has 0 aromatic rings. The van der Waals surface area contributed by atoms with E-state index in [2.05, 4.69) is 5.32 Å². The van der Waals surface area contributed by atoms with Crippen LogP contribution in [0, 0.1) is 0 Å². The number of hydrogen-bond acceptors (Lipinski definition) is 8. The van der Waals surface area contributed by atoms with E-state index in [9.17, 15) is 19.5 Å². The topological polar surface area (TPSA) is 141 Å². The molecule has 2 saturated heterocycles. The third-order valence-corrected chi connectivity index (χ3v) is 5.03. The van der Waals surface area contributed by atoms with Crippen molar-refractivity contribution in [3.63, 3.8) is 0 Å². The molecule has 0 saturated carbocycles. The highest BCUT2D eigenvalue weighted by atomic mass is 16.6. The molecule has 2 fully saturated rings. The summed E-state index contributed by atoms with van der Waals surface area (Å²) >= 11 is 0. The molecular formula is C14H15N3O6. The summed E-state index contributed by atoms with van der Waals surface area (Å²) in [5.74, 6) is -1.86. The maximum Gasteiger partial charge on any atom is 0.405 e. The lowest BCUT2D eigenvalue weighted by Crippen LogP contribution is -2.58. The first-order chi connectivity index (χ1) is 10.8. The van der Waals surface area contributed by atoms with Gasteiger partial charge in [0.2, 0.25) is 11.6 Å². The van der Waals surface area contributed by atoms with Crippen LogP contribution in [0.25, 0.3) is 0 Å². The molecule has 4 N–H and O–H groups in total. The van der Waals surface area contributed by atoms with E-state index in [-0.39, 0.29) is 28.9 Å². The number of ether oxygens (including phenoxy) is 2. The molecule has 0 bridgehead atoms. The first kappa shape index (κ1) is 14.2. The summed E-state index contributed by atoms with van der Waals surface area (Å²) in [5.41, 5.74) is 3.94. The number of methoxy groups -OCH3 is 1. The van der Waals surface area contributed by atoms with E-state index in [0.29, 0.717) is 6.54 Å². The molecule has 4 rings (SSSR count). The lowest BCUT2D eigenvalue weighted by molar-refractivity contribution is -0.151. The third kappa shape index (κ3) is 1.46. The van der Waals surface area contributed by atoms with E-state index >= 15 is 0 Å². The van der Waals surface area contributed by atoms with E-state index in [1.54, 1.807) is 4.90 Å². The van der Waals surface area contributed by atoms with Gasteiger partial charge in [-0.15, -0.1) is 0 Å². The van der Waals surface area contributed by atoms with E-state index in [4.69, 9.17) is 15.2 Å². The zero-order chi connectivity index (χ0) is 16.7. The summed E-state index contributed by atoms with van der Waals surface area (Å²) in [7, 11) is 1.42. The second-order valence-electron chi connectivity index (χ2n) is 6.03. The normalized spacial score (nSPS) is 37.8. The van der Waals surface area contributed by atoms with Crippen molar-refractivity contribution >= 4 is 17.7 Å². The number of hydrogen-bond donors (Lipinski definition) is 3. The third-order valence-electron chi connectivity index (χ3n) is 5.03. The van der Waals surface area contributed by atoms with Gasteiger partial charge >= 0.3 is 6.09 Å². The van der Waals surface area contributed by atoms with Gasteiger partial charge in [-0.2, -0.15) is 0 Å². The number of rotatable bonds is 2. The average Bonchev–Trinajstić information content (AvgIpc) is 3.12. The standard InChI is InChI=1S/C14H15N3O6/c1-4-8(18)7-6(10(20)9(4)19)12(23-13(15)21)14(22-2)11-5(16-11)3-17(7)14/h5,11-12,16,19H,3H2,1-2H3,(H2,15,21)/t5-,11-,12+,14-/m0/s1. The minimum atomic E-state index is -1.21. The molecule has 0 spiro atoms. The summed E-state index contributed by atoms with van der Waals surface area (Å²) in [6.07, 6.45) is -2.27. The number of aliphatic hydroxyl groups excluding tert-OH is 1. The molecular weight excluding hydrogens is 306 g/mol. The predicted octanol–water partition coefficient (Wildman–Crippen LogP) is -1.30. The fraction of sp³-hybridized carbons (Fsp3) is 0.500. The van der Waals surface area contributed by atoms with Crippen LogP contribution in [0.4, 0.5) is 4.79 Å². The molecule has 0 radical (unpaired) electrons. The van der Waals surface area contributed by atoms with Crippen molar-refractivity contribution in [3.8, 4) is 0 Å². The van der Waals surface area contributed by atoms with Gasteiger partial charge in [0.05, 0.1) is 17.3 Å². The number of piperazine rings is 1. The molecule has 4 atom stereocenters. The van der Waals surface area contributed by atoms with Gasteiger partial charge in [0.15, 0.2) is 17.6 Å². The number of nitrogens with two attached hydrogens (primary N) is 1. The van der Waals surface area contributed by atoms with Crippen LogP contribution < -0.4 is 11.1 Å². The molecule has 0 aromatic carbocycles. The number of Topliss-reactive ketones (excluding diaryl/α,β-unsaturated/α-hetero) is 2. The van der Waals surface area contributed by atoms with Gasteiger partial charge in [-0.1, -0.05) is 0 Å². The summed E-state index contributed by atoms with van der Waals surface area (Å²) < 4.78 is 10.8. The largest absolute Gasteiger partial charge is 0.504 e. The molecule has 122 valence electrons. The number of carbonyl (C=O) groups excluding carboxylic acids is 3. The van der Waals surface area contributed by atoms with Crippen molar-refractivity contribution in [1.82, 2.24) is 10.2 Å². The lowest BCUT2D eigenvalue weighted by atomic mass is 9.89. The molecule has 9 nitrogen and oxygen atoms in total. The molecule has 1 aliphatic carbocycles. The number of amides is 1. The van der Waals surface area contributed by atoms with Gasteiger partial charge < -0.3 is 30.5 Å². The smallest absolute Gasteiger partial charge is 0.405 e. The number of nitrogens with zero attached hydrogens (tertiary/aromatic N) is 1. The first-order valence-corrected chi connectivity index (χ1v) is 7.13. The Labute approximate surface area is 130 Å². The number of nitrogens with one attached hydrogen (secondary N) is 1. The van der Waals surface area contributed by atoms with Crippen LogP contribution in [0.5, 0.6) is 0 Å². The Morgan fingerprint density at radius 2 is 2.13 bits per heavy atom. The molecule has 1 amide bonds. The number of aliphatic hydroxyl groups is 1. The molecule has 3 heterocycles. The SMILES string of the molecule is CO[C@@]12[C@H](OC(N)=O)C3=C(C(=O)C(C)=C(O)C3=O)N1C[C@@H]1N[C@@H]12. The van der Waals surface area contributed by atoms with Crippen molar-refractivity contribution in [3.05, 3.63) is 22.6 Å². The van der Waals surface area contributed by atoms with E-state index in [1.165, 1.54) is 14.0 Å². The summed E-state index contributed by atoms with van der Waals surface area (Å²) in [6.45, 7) is 1.81. The fourth-order valence-electron chi connectivity index (χ4n) is 3.95. The Kier molecular flexibility index (Phi) is 2.55. The molecule has 0 unspecified atom stereocenters. The second kappa shape index (κ2) is 4.12. The Bertz CT molecular complexity index is 741. The van der Waals surface area contributed by atoms with Crippen LogP contribution in [0.1, 0.15) is 6.92 Å². The van der Waals surface area contributed by atoms with Gasteiger partial charge in [-0.05, 0) is 6.92 Å². The average molecular weight is 321 g/mol. The monoisotopic (exact) mass is 321 g/mol. The quantitative estimate of drug-likeness (QED) is 0.421. The van der Waals surface area contributed by atoms with E-state index in [0.717, 1.165) is 0 Å². The van der Waals surface area contributed by atoms with Gasteiger partial charge in [0, 0.05) is 25.3 Å². The van der Waals surface area contributed by atoms with Crippen molar-refractivity contribution in [1.29, 1.82) is 0 Å². The molecule has 0 aromatic heterocycles. The summed E-state index contributed by atoms with van der Waals surface area (Å²) in [5, 5.41) is 13.1. The zero-order valence-corrected chi connectivity index (χ0v) is 12.5. The fourth-order valence-corrected chi connectivity index (χ4v) is 3.95. The maximum absolute atomic E-state index is 12.6. The number of ketones is 2. The first-order valence-electron chi connectivity index (χ1n) is 7.13. The number of primary amides is 1. The van der Waals surface area contributed by atoms with Crippen LogP contribution in [0.15, 0.2) is 22.6 Å². The molecule has 4 aliphatic rings. The molecule has 23 heavy (non-hydrogen) atoms.